The Hall–Kier alpha value is -2.37. The van der Waals surface area contributed by atoms with Gasteiger partial charge in [-0.2, -0.15) is 5.10 Å². The fourth-order valence-corrected chi connectivity index (χ4v) is 3.08. The number of carboxylic acids is 1. The zero-order valence-corrected chi connectivity index (χ0v) is 12.6. The van der Waals surface area contributed by atoms with Crippen LogP contribution in [-0.2, 0) is 6.42 Å². The molecule has 6 heteroatoms. The number of hydrogen-bond donors (Lipinski definition) is 2. The normalized spacial score (nSPS) is 18.4. The standard InChI is InChI=1S/C16H20N4O2/c1-2-11-9-18-19-15(11)13-4-3-7-20(10-13)14-6-5-12(8-17-14)16(21)22/h5-6,8-9,13H,2-4,7,10H2,1H3,(H,18,19)(H,21,22). The molecule has 1 fully saturated rings. The monoisotopic (exact) mass is 300 g/mol. The van der Waals surface area contributed by atoms with Gasteiger partial charge in [0.2, 0.25) is 0 Å². The van der Waals surface area contributed by atoms with E-state index in [1.54, 1.807) is 12.1 Å². The van der Waals surface area contributed by atoms with Crippen LogP contribution < -0.4 is 4.90 Å². The Labute approximate surface area is 129 Å². The third kappa shape index (κ3) is 2.81. The second-order valence-corrected chi connectivity index (χ2v) is 5.66. The molecule has 0 spiro atoms. The summed E-state index contributed by atoms with van der Waals surface area (Å²) in [4.78, 5) is 17.4. The number of anilines is 1. The molecule has 22 heavy (non-hydrogen) atoms. The molecule has 2 N–H and O–H groups in total. The van der Waals surface area contributed by atoms with Gasteiger partial charge in [0.15, 0.2) is 0 Å². The summed E-state index contributed by atoms with van der Waals surface area (Å²) in [5.41, 5.74) is 2.73. The van der Waals surface area contributed by atoms with E-state index in [0.717, 1.165) is 38.2 Å². The summed E-state index contributed by atoms with van der Waals surface area (Å²) in [6, 6.07) is 3.40. The molecular formula is C16H20N4O2. The van der Waals surface area contributed by atoms with Crippen molar-refractivity contribution in [3.8, 4) is 0 Å². The molecule has 1 atom stereocenters. The van der Waals surface area contributed by atoms with Crippen molar-refractivity contribution in [2.45, 2.75) is 32.1 Å². The maximum atomic E-state index is 10.9. The lowest BCUT2D eigenvalue weighted by molar-refractivity contribution is 0.0696. The number of nitrogens with one attached hydrogen (secondary N) is 1. The number of H-pyrrole nitrogens is 1. The van der Waals surface area contributed by atoms with Crippen LogP contribution in [0.3, 0.4) is 0 Å². The van der Waals surface area contributed by atoms with Crippen molar-refractivity contribution >= 4 is 11.8 Å². The molecule has 0 bridgehead atoms. The summed E-state index contributed by atoms with van der Waals surface area (Å²) in [5, 5.41) is 16.3. The first-order chi connectivity index (χ1) is 10.7. The highest BCUT2D eigenvalue weighted by molar-refractivity contribution is 5.87. The third-order valence-electron chi connectivity index (χ3n) is 4.28. The van der Waals surface area contributed by atoms with Crippen molar-refractivity contribution in [2.24, 2.45) is 0 Å². The maximum absolute atomic E-state index is 10.9. The van der Waals surface area contributed by atoms with E-state index in [4.69, 9.17) is 5.11 Å². The fraction of sp³-hybridized carbons (Fsp3) is 0.438. The van der Waals surface area contributed by atoms with Crippen molar-refractivity contribution in [1.82, 2.24) is 15.2 Å². The van der Waals surface area contributed by atoms with Gasteiger partial charge in [-0.05, 0) is 37.0 Å². The lowest BCUT2D eigenvalue weighted by atomic mass is 9.92. The van der Waals surface area contributed by atoms with Crippen LogP contribution >= 0.6 is 0 Å². The van der Waals surface area contributed by atoms with Crippen LogP contribution in [-0.4, -0.2) is 39.3 Å². The van der Waals surface area contributed by atoms with Gasteiger partial charge in [-0.25, -0.2) is 9.78 Å². The van der Waals surface area contributed by atoms with Gasteiger partial charge in [0, 0.05) is 30.9 Å². The summed E-state index contributed by atoms with van der Waals surface area (Å²) < 4.78 is 0. The van der Waals surface area contributed by atoms with Crippen LogP contribution in [0.5, 0.6) is 0 Å². The van der Waals surface area contributed by atoms with Gasteiger partial charge in [0.05, 0.1) is 11.8 Å². The molecule has 1 aliphatic rings. The predicted octanol–water partition coefficient (Wildman–Crippen LogP) is 2.45. The largest absolute Gasteiger partial charge is 0.478 e. The van der Waals surface area contributed by atoms with Crippen LogP contribution in [0.15, 0.2) is 24.5 Å². The molecule has 0 radical (unpaired) electrons. The molecule has 0 aromatic carbocycles. The van der Waals surface area contributed by atoms with E-state index in [9.17, 15) is 4.79 Å². The summed E-state index contributed by atoms with van der Waals surface area (Å²) in [7, 11) is 0. The molecule has 6 nitrogen and oxygen atoms in total. The first-order valence-electron chi connectivity index (χ1n) is 7.65. The number of aromatic carboxylic acids is 1. The van der Waals surface area contributed by atoms with Crippen molar-refractivity contribution < 1.29 is 9.90 Å². The highest BCUT2D eigenvalue weighted by Gasteiger charge is 2.25. The van der Waals surface area contributed by atoms with Gasteiger partial charge < -0.3 is 10.0 Å². The van der Waals surface area contributed by atoms with E-state index in [1.165, 1.54) is 17.5 Å². The summed E-state index contributed by atoms with van der Waals surface area (Å²) in [5.74, 6) is 0.319. The molecule has 3 rings (SSSR count). The Bertz CT molecular complexity index is 650. The van der Waals surface area contributed by atoms with Crippen molar-refractivity contribution in [3.63, 3.8) is 0 Å². The molecule has 1 saturated heterocycles. The molecule has 0 saturated carbocycles. The molecule has 0 aliphatic carbocycles. The molecule has 116 valence electrons. The highest BCUT2D eigenvalue weighted by Crippen LogP contribution is 2.30. The topological polar surface area (TPSA) is 82.1 Å². The van der Waals surface area contributed by atoms with Crippen molar-refractivity contribution in [2.75, 3.05) is 18.0 Å². The average molecular weight is 300 g/mol. The smallest absolute Gasteiger partial charge is 0.337 e. The quantitative estimate of drug-likeness (QED) is 0.906. The van der Waals surface area contributed by atoms with Gasteiger partial charge in [-0.3, -0.25) is 5.10 Å². The number of carbonyl (C=O) groups is 1. The van der Waals surface area contributed by atoms with Crippen LogP contribution in [0, 0.1) is 0 Å². The van der Waals surface area contributed by atoms with Crippen LogP contribution in [0.1, 0.15) is 47.3 Å². The number of piperidine rings is 1. The molecular weight excluding hydrogens is 280 g/mol. The average Bonchev–Trinajstić information content (AvgIpc) is 3.04. The Kier molecular flexibility index (Phi) is 4.09. The van der Waals surface area contributed by atoms with Crippen LogP contribution in [0.25, 0.3) is 0 Å². The van der Waals surface area contributed by atoms with E-state index in [-0.39, 0.29) is 5.56 Å². The van der Waals surface area contributed by atoms with Crippen LogP contribution in [0.4, 0.5) is 5.82 Å². The second-order valence-electron chi connectivity index (χ2n) is 5.66. The number of aryl methyl sites for hydroxylation is 1. The summed E-state index contributed by atoms with van der Waals surface area (Å²) >= 11 is 0. The molecule has 1 unspecified atom stereocenters. The lowest BCUT2D eigenvalue weighted by Gasteiger charge is -2.33. The summed E-state index contributed by atoms with van der Waals surface area (Å²) in [6.45, 7) is 3.97. The first-order valence-corrected chi connectivity index (χ1v) is 7.65. The first kappa shape index (κ1) is 14.6. The van der Waals surface area contributed by atoms with Crippen molar-refractivity contribution in [3.05, 3.63) is 41.3 Å². The van der Waals surface area contributed by atoms with Gasteiger partial charge >= 0.3 is 5.97 Å². The zero-order chi connectivity index (χ0) is 15.5. The highest BCUT2D eigenvalue weighted by atomic mass is 16.4. The predicted molar refractivity (Wildman–Crippen MR) is 83.4 cm³/mol. The van der Waals surface area contributed by atoms with Gasteiger partial charge in [0.1, 0.15) is 5.82 Å². The molecule has 0 amide bonds. The number of nitrogens with zero attached hydrogens (tertiary/aromatic N) is 3. The molecule has 3 heterocycles. The number of hydrogen-bond acceptors (Lipinski definition) is 4. The fourth-order valence-electron chi connectivity index (χ4n) is 3.08. The minimum Gasteiger partial charge on any atom is -0.478 e. The maximum Gasteiger partial charge on any atom is 0.337 e. The molecule has 2 aromatic rings. The SMILES string of the molecule is CCc1cn[nH]c1C1CCCN(c2ccc(C(=O)O)cn2)C1. The number of aromatic nitrogens is 3. The molecule has 1 aliphatic heterocycles. The Balaban J connectivity index is 1.76. The van der Waals surface area contributed by atoms with Crippen molar-refractivity contribution in [1.29, 1.82) is 0 Å². The number of carboxylic acid groups (broad SMARTS) is 1. The Morgan fingerprint density at radius 3 is 3.00 bits per heavy atom. The van der Waals surface area contributed by atoms with E-state index >= 15 is 0 Å². The van der Waals surface area contributed by atoms with E-state index in [1.807, 2.05) is 6.20 Å². The van der Waals surface area contributed by atoms with E-state index in [0.29, 0.717) is 5.92 Å². The molecule has 2 aromatic heterocycles. The van der Waals surface area contributed by atoms with E-state index in [2.05, 4.69) is 27.0 Å². The third-order valence-corrected chi connectivity index (χ3v) is 4.28. The zero-order valence-electron chi connectivity index (χ0n) is 12.6. The van der Waals surface area contributed by atoms with Gasteiger partial charge in [-0.1, -0.05) is 6.92 Å². The van der Waals surface area contributed by atoms with Crippen LogP contribution in [0.2, 0.25) is 0 Å². The van der Waals surface area contributed by atoms with Gasteiger partial charge in [-0.15, -0.1) is 0 Å². The minimum absolute atomic E-state index is 0.221. The second kappa shape index (κ2) is 6.17. The Morgan fingerprint density at radius 1 is 1.45 bits per heavy atom. The minimum atomic E-state index is -0.944. The number of rotatable bonds is 4. The van der Waals surface area contributed by atoms with E-state index < -0.39 is 5.97 Å². The number of pyridine rings is 1. The summed E-state index contributed by atoms with van der Waals surface area (Å²) in [6.07, 6.45) is 6.55. The Morgan fingerprint density at radius 2 is 2.32 bits per heavy atom. The lowest BCUT2D eigenvalue weighted by Crippen LogP contribution is -2.35. The van der Waals surface area contributed by atoms with Gasteiger partial charge in [0.25, 0.3) is 0 Å². The number of aromatic amines is 1.